The van der Waals surface area contributed by atoms with Gasteiger partial charge < -0.3 is 14.4 Å². The van der Waals surface area contributed by atoms with Crippen LogP contribution in [-0.2, 0) is 6.54 Å². The zero-order valence-corrected chi connectivity index (χ0v) is 14.9. The topological polar surface area (TPSA) is 74.9 Å². The third kappa shape index (κ3) is 4.36. The summed E-state index contributed by atoms with van der Waals surface area (Å²) in [4.78, 5) is 9.17. The molecule has 0 bridgehead atoms. The summed E-state index contributed by atoms with van der Waals surface area (Å²) in [6, 6.07) is 7.91. The van der Waals surface area contributed by atoms with Gasteiger partial charge >= 0.3 is 0 Å². The quantitative estimate of drug-likeness (QED) is 0.817. The van der Waals surface area contributed by atoms with Gasteiger partial charge in [0.2, 0.25) is 11.7 Å². The van der Waals surface area contributed by atoms with Crippen molar-refractivity contribution in [2.45, 2.75) is 25.9 Å². The molecule has 1 aromatic carbocycles. The lowest BCUT2D eigenvalue weighted by Crippen LogP contribution is -2.50. The molecule has 1 aliphatic heterocycles. The van der Waals surface area contributed by atoms with Crippen molar-refractivity contribution in [3.8, 4) is 17.1 Å². The largest absolute Gasteiger partial charge is 0.497 e. The van der Waals surface area contributed by atoms with Gasteiger partial charge in [-0.2, -0.15) is 4.98 Å². The molecule has 7 heteroatoms. The summed E-state index contributed by atoms with van der Waals surface area (Å²) in [6.45, 7) is 6.78. The number of aromatic nitrogens is 2. The summed E-state index contributed by atoms with van der Waals surface area (Å²) in [5.41, 5.74) is 0.882. The van der Waals surface area contributed by atoms with Crippen molar-refractivity contribution in [3.63, 3.8) is 0 Å². The number of aliphatic hydroxyl groups is 1. The number of benzene rings is 1. The fourth-order valence-electron chi connectivity index (χ4n) is 3.18. The van der Waals surface area contributed by atoms with Crippen LogP contribution in [0.5, 0.6) is 5.75 Å². The van der Waals surface area contributed by atoms with Gasteiger partial charge in [0.25, 0.3) is 0 Å². The highest BCUT2D eigenvalue weighted by atomic mass is 16.5. The molecular formula is C18H26N4O3. The van der Waals surface area contributed by atoms with Crippen molar-refractivity contribution >= 4 is 0 Å². The lowest BCUT2D eigenvalue weighted by Gasteiger charge is -2.37. The van der Waals surface area contributed by atoms with Gasteiger partial charge in [-0.25, -0.2) is 0 Å². The highest BCUT2D eigenvalue weighted by molar-refractivity contribution is 5.56. The summed E-state index contributed by atoms with van der Waals surface area (Å²) in [5, 5.41) is 13.5. The molecule has 2 aromatic rings. The Balaban J connectivity index is 1.57. The van der Waals surface area contributed by atoms with Gasteiger partial charge in [-0.05, 0) is 18.6 Å². The van der Waals surface area contributed by atoms with E-state index in [0.717, 1.165) is 43.9 Å². The SMILES string of the molecule is CCC(CO)N1CCN(Cc2nc(-c3cccc(OC)c3)no2)CC1. The molecule has 1 N–H and O–H groups in total. The van der Waals surface area contributed by atoms with Crippen molar-refractivity contribution < 1.29 is 14.4 Å². The number of aliphatic hydroxyl groups excluding tert-OH is 1. The van der Waals surface area contributed by atoms with Gasteiger partial charge in [-0.3, -0.25) is 9.80 Å². The minimum Gasteiger partial charge on any atom is -0.497 e. The lowest BCUT2D eigenvalue weighted by molar-refractivity contribution is 0.0568. The van der Waals surface area contributed by atoms with Gasteiger partial charge in [-0.15, -0.1) is 0 Å². The summed E-state index contributed by atoms with van der Waals surface area (Å²) < 4.78 is 10.7. The summed E-state index contributed by atoms with van der Waals surface area (Å²) >= 11 is 0. The second kappa shape index (κ2) is 8.42. The standard InChI is InChI=1S/C18H26N4O3/c1-3-15(13-23)22-9-7-21(8-10-22)12-17-19-18(20-25-17)14-5-4-6-16(11-14)24-2/h4-6,11,15,23H,3,7-10,12-13H2,1-2H3. The smallest absolute Gasteiger partial charge is 0.241 e. The highest BCUT2D eigenvalue weighted by Crippen LogP contribution is 2.21. The Hall–Kier alpha value is -1.96. The van der Waals surface area contributed by atoms with Crippen LogP contribution in [-0.4, -0.2) is 71.0 Å². The minimum atomic E-state index is 0.226. The second-order valence-corrected chi connectivity index (χ2v) is 6.30. The molecule has 3 rings (SSSR count). The minimum absolute atomic E-state index is 0.226. The zero-order chi connectivity index (χ0) is 17.6. The van der Waals surface area contributed by atoms with E-state index in [0.29, 0.717) is 18.3 Å². The van der Waals surface area contributed by atoms with Crippen LogP contribution in [0.25, 0.3) is 11.4 Å². The van der Waals surface area contributed by atoms with Crippen LogP contribution in [0.2, 0.25) is 0 Å². The Kier molecular flexibility index (Phi) is 6.01. The van der Waals surface area contributed by atoms with Crippen LogP contribution in [0.4, 0.5) is 0 Å². The van der Waals surface area contributed by atoms with E-state index in [1.807, 2.05) is 24.3 Å². The van der Waals surface area contributed by atoms with Crippen LogP contribution in [0.3, 0.4) is 0 Å². The maximum atomic E-state index is 9.43. The van der Waals surface area contributed by atoms with Crippen LogP contribution >= 0.6 is 0 Å². The number of hydrogen-bond acceptors (Lipinski definition) is 7. The molecule has 1 aliphatic rings. The van der Waals surface area contributed by atoms with Crippen LogP contribution < -0.4 is 4.74 Å². The van der Waals surface area contributed by atoms with Gasteiger partial charge in [0.15, 0.2) is 0 Å². The van der Waals surface area contributed by atoms with Crippen LogP contribution in [0, 0.1) is 0 Å². The molecule has 1 unspecified atom stereocenters. The molecule has 0 aliphatic carbocycles. The molecule has 1 atom stereocenters. The van der Waals surface area contributed by atoms with Crippen molar-refractivity contribution in [2.75, 3.05) is 39.9 Å². The number of methoxy groups -OCH3 is 1. The maximum Gasteiger partial charge on any atom is 0.241 e. The molecule has 136 valence electrons. The Labute approximate surface area is 148 Å². The predicted molar refractivity (Wildman–Crippen MR) is 94.3 cm³/mol. The summed E-state index contributed by atoms with van der Waals surface area (Å²) in [5.74, 6) is 1.98. The van der Waals surface area contributed by atoms with E-state index >= 15 is 0 Å². The van der Waals surface area contributed by atoms with Gasteiger partial charge in [0.1, 0.15) is 5.75 Å². The first kappa shape index (κ1) is 17.8. The van der Waals surface area contributed by atoms with E-state index in [1.165, 1.54) is 0 Å². The predicted octanol–water partition coefficient (Wildman–Crippen LogP) is 1.63. The molecule has 1 aromatic heterocycles. The third-order valence-corrected chi connectivity index (χ3v) is 4.76. The third-order valence-electron chi connectivity index (χ3n) is 4.76. The average Bonchev–Trinajstić information content (AvgIpc) is 3.13. The van der Waals surface area contributed by atoms with Crippen LogP contribution in [0.15, 0.2) is 28.8 Å². The Morgan fingerprint density at radius 1 is 1.28 bits per heavy atom. The molecule has 0 amide bonds. The molecule has 2 heterocycles. The van der Waals surface area contributed by atoms with Crippen molar-refractivity contribution in [2.24, 2.45) is 0 Å². The number of piperazine rings is 1. The molecule has 25 heavy (non-hydrogen) atoms. The van der Waals surface area contributed by atoms with E-state index in [-0.39, 0.29) is 12.6 Å². The van der Waals surface area contributed by atoms with Gasteiger partial charge in [-0.1, -0.05) is 24.2 Å². The monoisotopic (exact) mass is 346 g/mol. The number of ether oxygens (including phenoxy) is 1. The first-order chi connectivity index (χ1) is 12.2. The van der Waals surface area contributed by atoms with E-state index in [2.05, 4.69) is 26.9 Å². The normalized spacial score (nSPS) is 17.6. The number of rotatable bonds is 7. The van der Waals surface area contributed by atoms with E-state index in [9.17, 15) is 5.11 Å². The first-order valence-corrected chi connectivity index (χ1v) is 8.77. The van der Waals surface area contributed by atoms with Gasteiger partial charge in [0, 0.05) is 37.8 Å². The molecule has 1 fully saturated rings. The molecule has 0 radical (unpaired) electrons. The first-order valence-electron chi connectivity index (χ1n) is 8.77. The second-order valence-electron chi connectivity index (χ2n) is 6.30. The zero-order valence-electron chi connectivity index (χ0n) is 14.9. The number of hydrogen-bond donors (Lipinski definition) is 1. The molecule has 0 saturated carbocycles. The van der Waals surface area contributed by atoms with E-state index in [4.69, 9.17) is 9.26 Å². The van der Waals surface area contributed by atoms with Crippen molar-refractivity contribution in [1.29, 1.82) is 0 Å². The highest BCUT2D eigenvalue weighted by Gasteiger charge is 2.23. The van der Waals surface area contributed by atoms with Crippen molar-refractivity contribution in [1.82, 2.24) is 19.9 Å². The van der Waals surface area contributed by atoms with Crippen molar-refractivity contribution in [3.05, 3.63) is 30.2 Å². The van der Waals surface area contributed by atoms with E-state index in [1.54, 1.807) is 7.11 Å². The fourth-order valence-corrected chi connectivity index (χ4v) is 3.18. The van der Waals surface area contributed by atoms with Gasteiger partial charge in [0.05, 0.1) is 20.3 Å². The Morgan fingerprint density at radius 3 is 2.76 bits per heavy atom. The fraction of sp³-hybridized carbons (Fsp3) is 0.556. The molecule has 0 spiro atoms. The molecule has 7 nitrogen and oxygen atoms in total. The Bertz CT molecular complexity index is 664. The lowest BCUT2D eigenvalue weighted by atomic mass is 10.1. The Morgan fingerprint density at radius 2 is 2.08 bits per heavy atom. The number of nitrogens with zero attached hydrogens (tertiary/aromatic N) is 4. The maximum absolute atomic E-state index is 9.43. The van der Waals surface area contributed by atoms with E-state index < -0.39 is 0 Å². The average molecular weight is 346 g/mol. The summed E-state index contributed by atoms with van der Waals surface area (Å²) in [6.07, 6.45) is 0.976. The molecule has 1 saturated heterocycles. The van der Waals surface area contributed by atoms with Crippen LogP contribution in [0.1, 0.15) is 19.2 Å². The summed E-state index contributed by atoms with van der Waals surface area (Å²) in [7, 11) is 1.64. The molecular weight excluding hydrogens is 320 g/mol.